The predicted octanol–water partition coefficient (Wildman–Crippen LogP) is 5.07. The molecule has 36 heavy (non-hydrogen) atoms. The van der Waals surface area contributed by atoms with Crippen LogP contribution in [0.4, 0.5) is 4.79 Å². The van der Waals surface area contributed by atoms with Crippen molar-refractivity contribution in [3.8, 4) is 0 Å². The van der Waals surface area contributed by atoms with Gasteiger partial charge in [-0.05, 0) is 45.4 Å². The van der Waals surface area contributed by atoms with E-state index < -0.39 is 35.8 Å². The van der Waals surface area contributed by atoms with E-state index in [2.05, 4.69) is 22.9 Å². The number of ether oxygens (including phenoxy) is 1. The number of hydrogen-bond acceptors (Lipinski definition) is 5. The van der Waals surface area contributed by atoms with Crippen molar-refractivity contribution in [3.05, 3.63) is 0 Å². The molecule has 3 amide bonds. The molecule has 212 valence electrons. The van der Waals surface area contributed by atoms with Crippen LogP contribution in [0.15, 0.2) is 0 Å². The maximum Gasteiger partial charge on any atom is 0.408 e. The van der Waals surface area contributed by atoms with Gasteiger partial charge < -0.3 is 25.8 Å². The highest BCUT2D eigenvalue weighted by atomic mass is 16.6. The minimum atomic E-state index is -0.848. The standard InChI is InChI=1S/C28H55N3O5/c1-10-12-13-14-15-16-18-22(32)21(17-11-2)29-25(33)23(19(3)4)30-26(34)24(20(5)6)31-27(35)36-28(7,8)9/h19-24,32H,10-18H2,1-9H3,(H,29,33)(H,30,34)(H,31,35)/t21-,22?,23-,24-/m0/s1. The SMILES string of the molecule is CCCCCCCCC(O)[C@H](CCC)NC(=O)[C@@H](NC(=O)[C@@H](NC(=O)OC(C)(C)C)C(C)C)C(C)C. The van der Waals surface area contributed by atoms with Crippen LogP contribution in [0, 0.1) is 11.8 Å². The smallest absolute Gasteiger partial charge is 0.408 e. The number of aliphatic hydroxyl groups excluding tert-OH is 1. The molecule has 1 unspecified atom stereocenters. The number of carbonyl (C=O) groups excluding carboxylic acids is 3. The summed E-state index contributed by atoms with van der Waals surface area (Å²) in [5.74, 6) is -1.15. The second-order valence-electron chi connectivity index (χ2n) is 11.6. The van der Waals surface area contributed by atoms with E-state index in [1.165, 1.54) is 25.7 Å². The van der Waals surface area contributed by atoms with Crippen molar-refractivity contribution in [1.29, 1.82) is 0 Å². The lowest BCUT2D eigenvalue weighted by Crippen LogP contribution is -2.59. The minimum absolute atomic E-state index is 0.179. The van der Waals surface area contributed by atoms with E-state index in [4.69, 9.17) is 4.74 Å². The van der Waals surface area contributed by atoms with Gasteiger partial charge in [-0.3, -0.25) is 9.59 Å². The first-order valence-electron chi connectivity index (χ1n) is 14.0. The normalized spacial score (nSPS) is 15.2. The fourth-order valence-corrected chi connectivity index (χ4v) is 4.03. The molecule has 8 nitrogen and oxygen atoms in total. The van der Waals surface area contributed by atoms with Gasteiger partial charge in [-0.15, -0.1) is 0 Å². The predicted molar refractivity (Wildman–Crippen MR) is 146 cm³/mol. The number of alkyl carbamates (subject to hydrolysis) is 1. The highest BCUT2D eigenvalue weighted by Crippen LogP contribution is 2.15. The van der Waals surface area contributed by atoms with Crippen molar-refractivity contribution in [2.75, 3.05) is 0 Å². The van der Waals surface area contributed by atoms with E-state index in [1.54, 1.807) is 20.8 Å². The zero-order valence-corrected chi connectivity index (χ0v) is 24.4. The molecular formula is C28H55N3O5. The van der Waals surface area contributed by atoms with Gasteiger partial charge in [0.05, 0.1) is 12.1 Å². The molecule has 0 saturated carbocycles. The van der Waals surface area contributed by atoms with Gasteiger partial charge in [0.1, 0.15) is 17.7 Å². The molecule has 0 aromatic heterocycles. The molecule has 4 N–H and O–H groups in total. The highest BCUT2D eigenvalue weighted by molar-refractivity contribution is 5.91. The molecule has 0 aromatic rings. The largest absolute Gasteiger partial charge is 0.444 e. The summed E-state index contributed by atoms with van der Waals surface area (Å²) < 4.78 is 5.30. The van der Waals surface area contributed by atoms with Crippen LogP contribution in [0.3, 0.4) is 0 Å². The maximum atomic E-state index is 13.2. The second kappa shape index (κ2) is 17.6. The molecule has 0 saturated heterocycles. The first kappa shape index (κ1) is 34.2. The molecule has 8 heteroatoms. The Morgan fingerprint density at radius 2 is 1.22 bits per heavy atom. The van der Waals surface area contributed by atoms with E-state index in [1.807, 2.05) is 34.6 Å². The molecule has 0 spiro atoms. The summed E-state index contributed by atoms with van der Waals surface area (Å²) in [5.41, 5.74) is -0.687. The van der Waals surface area contributed by atoms with Gasteiger partial charge in [0.15, 0.2) is 0 Å². The number of rotatable bonds is 17. The molecule has 4 atom stereocenters. The molecule has 0 aliphatic rings. The van der Waals surface area contributed by atoms with Crippen LogP contribution in [0.2, 0.25) is 0 Å². The number of hydrogen-bond donors (Lipinski definition) is 4. The Hall–Kier alpha value is -1.83. The summed E-state index contributed by atoms with van der Waals surface area (Å²) in [6.07, 6.45) is 7.67. The van der Waals surface area contributed by atoms with Crippen molar-refractivity contribution >= 4 is 17.9 Å². The Labute approximate surface area is 220 Å². The third-order valence-corrected chi connectivity index (χ3v) is 6.11. The zero-order chi connectivity index (χ0) is 27.9. The highest BCUT2D eigenvalue weighted by Gasteiger charge is 2.33. The Morgan fingerprint density at radius 3 is 1.72 bits per heavy atom. The molecule has 0 aliphatic carbocycles. The van der Waals surface area contributed by atoms with Crippen molar-refractivity contribution < 1.29 is 24.2 Å². The van der Waals surface area contributed by atoms with Crippen molar-refractivity contribution in [2.24, 2.45) is 11.8 Å². The van der Waals surface area contributed by atoms with Gasteiger partial charge >= 0.3 is 6.09 Å². The van der Waals surface area contributed by atoms with Crippen molar-refractivity contribution in [3.63, 3.8) is 0 Å². The lowest BCUT2D eigenvalue weighted by molar-refractivity contribution is -0.132. The van der Waals surface area contributed by atoms with Gasteiger partial charge in [-0.1, -0.05) is 86.5 Å². The quantitative estimate of drug-likeness (QED) is 0.203. The average Bonchev–Trinajstić information content (AvgIpc) is 2.75. The maximum absolute atomic E-state index is 13.2. The number of unbranched alkanes of at least 4 members (excludes halogenated alkanes) is 5. The van der Waals surface area contributed by atoms with E-state index in [0.717, 1.165) is 19.3 Å². The van der Waals surface area contributed by atoms with Gasteiger partial charge in [-0.2, -0.15) is 0 Å². The van der Waals surface area contributed by atoms with E-state index in [-0.39, 0.29) is 23.8 Å². The number of aliphatic hydroxyl groups is 1. The first-order chi connectivity index (χ1) is 16.7. The van der Waals surface area contributed by atoms with E-state index >= 15 is 0 Å². The third kappa shape index (κ3) is 14.7. The average molecular weight is 514 g/mol. The van der Waals surface area contributed by atoms with Crippen molar-refractivity contribution in [1.82, 2.24) is 16.0 Å². The molecule has 0 rings (SSSR count). The van der Waals surface area contributed by atoms with Gasteiger partial charge in [0.25, 0.3) is 0 Å². The van der Waals surface area contributed by atoms with Crippen LogP contribution in [-0.2, 0) is 14.3 Å². The lowest BCUT2D eigenvalue weighted by Gasteiger charge is -2.30. The van der Waals surface area contributed by atoms with E-state index in [0.29, 0.717) is 12.8 Å². The fraction of sp³-hybridized carbons (Fsp3) is 0.893. The summed E-state index contributed by atoms with van der Waals surface area (Å²) in [7, 11) is 0. The Balaban J connectivity index is 5.17. The number of carbonyl (C=O) groups is 3. The lowest BCUT2D eigenvalue weighted by atomic mass is 9.97. The summed E-state index contributed by atoms with van der Waals surface area (Å²) in [4.78, 5) is 38.6. The Bertz CT molecular complexity index is 646. The zero-order valence-electron chi connectivity index (χ0n) is 24.4. The molecule has 0 aliphatic heterocycles. The first-order valence-corrected chi connectivity index (χ1v) is 14.0. The Morgan fingerprint density at radius 1 is 0.722 bits per heavy atom. The summed E-state index contributed by atoms with van der Waals surface area (Å²) in [5, 5.41) is 19.2. The third-order valence-electron chi connectivity index (χ3n) is 6.11. The summed E-state index contributed by atoms with van der Waals surface area (Å²) in [6.45, 7) is 16.8. The molecule has 0 fully saturated rings. The number of amides is 3. The van der Waals surface area contributed by atoms with Crippen LogP contribution in [0.25, 0.3) is 0 Å². The monoisotopic (exact) mass is 513 g/mol. The fourth-order valence-electron chi connectivity index (χ4n) is 4.03. The van der Waals surface area contributed by atoms with Crippen LogP contribution in [-0.4, -0.2) is 52.8 Å². The second-order valence-corrected chi connectivity index (χ2v) is 11.6. The van der Waals surface area contributed by atoms with Crippen LogP contribution in [0.5, 0.6) is 0 Å². The molecule has 0 radical (unpaired) electrons. The van der Waals surface area contributed by atoms with Crippen LogP contribution >= 0.6 is 0 Å². The summed E-state index contributed by atoms with van der Waals surface area (Å²) >= 11 is 0. The number of nitrogens with one attached hydrogen (secondary N) is 3. The molecule has 0 heterocycles. The van der Waals surface area contributed by atoms with Gasteiger partial charge in [0.2, 0.25) is 11.8 Å². The molecule has 0 aromatic carbocycles. The Kier molecular flexibility index (Phi) is 16.7. The minimum Gasteiger partial charge on any atom is -0.444 e. The van der Waals surface area contributed by atoms with Gasteiger partial charge in [0, 0.05) is 0 Å². The molecule has 0 bridgehead atoms. The van der Waals surface area contributed by atoms with Crippen LogP contribution in [0.1, 0.15) is 120 Å². The van der Waals surface area contributed by atoms with Gasteiger partial charge in [-0.25, -0.2) is 4.79 Å². The summed E-state index contributed by atoms with van der Waals surface area (Å²) in [6, 6.07) is -2.00. The van der Waals surface area contributed by atoms with E-state index in [9.17, 15) is 19.5 Å². The molecular weight excluding hydrogens is 458 g/mol. The van der Waals surface area contributed by atoms with Crippen molar-refractivity contribution in [2.45, 2.75) is 150 Å². The topological polar surface area (TPSA) is 117 Å². The van der Waals surface area contributed by atoms with Crippen LogP contribution < -0.4 is 16.0 Å².